The lowest BCUT2D eigenvalue weighted by Crippen LogP contribution is -2.50. The van der Waals surface area contributed by atoms with Crippen molar-refractivity contribution >= 4 is 17.4 Å². The maximum atomic E-state index is 12.4. The van der Waals surface area contributed by atoms with E-state index in [1.165, 1.54) is 0 Å². The summed E-state index contributed by atoms with van der Waals surface area (Å²) in [5, 5.41) is 12.5. The van der Waals surface area contributed by atoms with Crippen LogP contribution in [-0.4, -0.2) is 49.3 Å². The molecule has 126 valence electrons. The van der Waals surface area contributed by atoms with Gasteiger partial charge in [-0.15, -0.1) is 0 Å². The van der Waals surface area contributed by atoms with Gasteiger partial charge in [-0.25, -0.2) is 4.79 Å². The second-order valence-electron chi connectivity index (χ2n) is 5.66. The second kappa shape index (κ2) is 7.12. The number of aromatic hydroxyl groups is 1. The molecule has 0 atom stereocenters. The number of phenols is 1. The highest BCUT2D eigenvalue weighted by Crippen LogP contribution is 2.22. The number of anilines is 2. The molecule has 1 saturated heterocycles. The fraction of sp³-hybridized carbons (Fsp3) is 0.278. The van der Waals surface area contributed by atoms with Gasteiger partial charge in [0, 0.05) is 49.7 Å². The number of phenolic OH excluding ortho intramolecular Hbond substituents is 1. The molecule has 0 radical (unpaired) electrons. The van der Waals surface area contributed by atoms with Crippen LogP contribution in [0.4, 0.5) is 16.2 Å². The maximum Gasteiger partial charge on any atom is 0.321 e. The molecule has 2 aromatic rings. The Kier molecular flexibility index (Phi) is 4.74. The summed E-state index contributed by atoms with van der Waals surface area (Å²) < 4.78 is 5.16. The van der Waals surface area contributed by atoms with Crippen LogP contribution in [0.1, 0.15) is 0 Å². The van der Waals surface area contributed by atoms with Crippen LogP contribution in [0.5, 0.6) is 11.5 Å². The smallest absolute Gasteiger partial charge is 0.321 e. The van der Waals surface area contributed by atoms with E-state index in [9.17, 15) is 9.90 Å². The maximum absolute atomic E-state index is 12.4. The van der Waals surface area contributed by atoms with Crippen molar-refractivity contribution in [3.63, 3.8) is 0 Å². The summed E-state index contributed by atoms with van der Waals surface area (Å²) in [4.78, 5) is 16.3. The molecular weight excluding hydrogens is 306 g/mol. The summed E-state index contributed by atoms with van der Waals surface area (Å²) in [6.45, 7) is 2.72. The first-order valence-corrected chi connectivity index (χ1v) is 7.89. The highest BCUT2D eigenvalue weighted by atomic mass is 16.5. The van der Waals surface area contributed by atoms with Crippen molar-refractivity contribution in [1.82, 2.24) is 4.90 Å². The largest absolute Gasteiger partial charge is 0.508 e. The van der Waals surface area contributed by atoms with Gasteiger partial charge in [-0.3, -0.25) is 0 Å². The number of ether oxygens (including phenoxy) is 1. The second-order valence-corrected chi connectivity index (χ2v) is 5.66. The van der Waals surface area contributed by atoms with E-state index >= 15 is 0 Å². The molecule has 1 aliphatic rings. The van der Waals surface area contributed by atoms with E-state index in [1.807, 2.05) is 30.3 Å². The summed E-state index contributed by atoms with van der Waals surface area (Å²) in [6, 6.07) is 14.4. The van der Waals surface area contributed by atoms with Gasteiger partial charge >= 0.3 is 6.03 Å². The molecule has 2 aromatic carbocycles. The minimum Gasteiger partial charge on any atom is -0.508 e. The first kappa shape index (κ1) is 16.0. The predicted molar refractivity (Wildman–Crippen MR) is 93.9 cm³/mol. The zero-order valence-corrected chi connectivity index (χ0v) is 13.6. The molecule has 24 heavy (non-hydrogen) atoms. The molecule has 3 rings (SSSR count). The van der Waals surface area contributed by atoms with Gasteiger partial charge in [0.15, 0.2) is 0 Å². The van der Waals surface area contributed by atoms with Crippen LogP contribution in [0.15, 0.2) is 48.5 Å². The summed E-state index contributed by atoms with van der Waals surface area (Å²) in [6.07, 6.45) is 0. The fourth-order valence-corrected chi connectivity index (χ4v) is 2.76. The topological polar surface area (TPSA) is 65.0 Å². The van der Waals surface area contributed by atoms with Gasteiger partial charge in [-0.2, -0.15) is 0 Å². The van der Waals surface area contributed by atoms with E-state index in [1.54, 1.807) is 30.2 Å². The summed E-state index contributed by atoms with van der Waals surface area (Å²) in [7, 11) is 1.60. The van der Waals surface area contributed by atoms with Crippen molar-refractivity contribution in [3.05, 3.63) is 48.5 Å². The first-order valence-electron chi connectivity index (χ1n) is 7.89. The number of methoxy groups -OCH3 is 1. The van der Waals surface area contributed by atoms with E-state index in [0.717, 1.165) is 24.5 Å². The number of carbonyl (C=O) groups is 1. The molecule has 0 aliphatic carbocycles. The fourth-order valence-electron chi connectivity index (χ4n) is 2.76. The number of carbonyl (C=O) groups excluding carboxylic acids is 1. The number of piperazine rings is 1. The van der Waals surface area contributed by atoms with Crippen LogP contribution in [0, 0.1) is 0 Å². The normalized spacial score (nSPS) is 14.4. The number of amides is 2. The Labute approximate surface area is 141 Å². The number of urea groups is 1. The van der Waals surface area contributed by atoms with Crippen LogP contribution < -0.4 is 15.0 Å². The molecule has 2 N–H and O–H groups in total. The van der Waals surface area contributed by atoms with Crippen LogP contribution >= 0.6 is 0 Å². The van der Waals surface area contributed by atoms with Crippen molar-refractivity contribution in [2.24, 2.45) is 0 Å². The molecule has 1 heterocycles. The quantitative estimate of drug-likeness (QED) is 0.910. The molecule has 6 heteroatoms. The van der Waals surface area contributed by atoms with Crippen molar-refractivity contribution < 1.29 is 14.6 Å². The average Bonchev–Trinajstić information content (AvgIpc) is 2.62. The van der Waals surface area contributed by atoms with Crippen molar-refractivity contribution in [2.75, 3.05) is 43.5 Å². The molecule has 1 fully saturated rings. The molecule has 1 aliphatic heterocycles. The van der Waals surface area contributed by atoms with Crippen LogP contribution in [0.25, 0.3) is 0 Å². The number of hydrogen-bond acceptors (Lipinski definition) is 4. The molecule has 0 aromatic heterocycles. The van der Waals surface area contributed by atoms with Crippen molar-refractivity contribution in [2.45, 2.75) is 0 Å². The third-order valence-corrected chi connectivity index (χ3v) is 4.08. The van der Waals surface area contributed by atoms with Crippen molar-refractivity contribution in [1.29, 1.82) is 0 Å². The lowest BCUT2D eigenvalue weighted by Gasteiger charge is -2.36. The lowest BCUT2D eigenvalue weighted by molar-refractivity contribution is 0.208. The summed E-state index contributed by atoms with van der Waals surface area (Å²) >= 11 is 0. The van der Waals surface area contributed by atoms with Gasteiger partial charge in [0.1, 0.15) is 11.5 Å². The van der Waals surface area contributed by atoms with Gasteiger partial charge in [-0.05, 0) is 24.3 Å². The van der Waals surface area contributed by atoms with Gasteiger partial charge in [-0.1, -0.05) is 12.1 Å². The Balaban J connectivity index is 1.57. The van der Waals surface area contributed by atoms with E-state index in [4.69, 9.17) is 4.74 Å². The zero-order valence-electron chi connectivity index (χ0n) is 13.6. The van der Waals surface area contributed by atoms with Crippen molar-refractivity contribution in [3.8, 4) is 11.5 Å². The van der Waals surface area contributed by atoms with Gasteiger partial charge < -0.3 is 25.0 Å². The van der Waals surface area contributed by atoms with E-state index in [2.05, 4.69) is 10.2 Å². The molecule has 0 spiro atoms. The minimum absolute atomic E-state index is 0.112. The Morgan fingerprint density at radius 3 is 2.54 bits per heavy atom. The van der Waals surface area contributed by atoms with Crippen LogP contribution in [-0.2, 0) is 0 Å². The molecule has 0 unspecified atom stereocenters. The highest BCUT2D eigenvalue weighted by Gasteiger charge is 2.21. The molecule has 0 saturated carbocycles. The van der Waals surface area contributed by atoms with Gasteiger partial charge in [0.25, 0.3) is 0 Å². The molecular formula is C18H21N3O3. The Morgan fingerprint density at radius 1 is 1.08 bits per heavy atom. The monoisotopic (exact) mass is 327 g/mol. The standard InChI is InChI=1S/C18H21N3O3/c1-24-17-7-2-4-14(12-17)19-18(23)21-10-8-20(9-11-21)15-5-3-6-16(22)13-15/h2-7,12-13,22H,8-11H2,1H3,(H,19,23). The summed E-state index contributed by atoms with van der Waals surface area (Å²) in [5.74, 6) is 0.965. The molecule has 6 nitrogen and oxygen atoms in total. The van der Waals surface area contributed by atoms with Crippen LogP contribution in [0.2, 0.25) is 0 Å². The number of nitrogens with one attached hydrogen (secondary N) is 1. The Bertz CT molecular complexity index is 712. The number of benzene rings is 2. The predicted octanol–water partition coefficient (Wildman–Crippen LogP) is 2.75. The minimum atomic E-state index is -0.112. The van der Waals surface area contributed by atoms with Crippen LogP contribution in [0.3, 0.4) is 0 Å². The number of rotatable bonds is 3. The average molecular weight is 327 g/mol. The number of nitrogens with zero attached hydrogens (tertiary/aromatic N) is 2. The first-order chi connectivity index (χ1) is 11.7. The zero-order chi connectivity index (χ0) is 16.9. The van der Waals surface area contributed by atoms with E-state index < -0.39 is 0 Å². The highest BCUT2D eigenvalue weighted by molar-refractivity contribution is 5.89. The van der Waals surface area contributed by atoms with E-state index in [-0.39, 0.29) is 11.8 Å². The summed E-state index contributed by atoms with van der Waals surface area (Å²) in [5.41, 5.74) is 1.69. The van der Waals surface area contributed by atoms with Gasteiger partial charge in [0.2, 0.25) is 0 Å². The Morgan fingerprint density at radius 2 is 1.83 bits per heavy atom. The van der Waals surface area contributed by atoms with Gasteiger partial charge in [0.05, 0.1) is 7.11 Å². The Hall–Kier alpha value is -2.89. The third-order valence-electron chi connectivity index (χ3n) is 4.08. The molecule has 0 bridgehead atoms. The molecule has 2 amide bonds. The SMILES string of the molecule is COc1cccc(NC(=O)N2CCN(c3cccc(O)c3)CC2)c1. The lowest BCUT2D eigenvalue weighted by atomic mass is 10.2. The number of hydrogen-bond donors (Lipinski definition) is 2. The third kappa shape index (κ3) is 3.71. The van der Waals surface area contributed by atoms with E-state index in [0.29, 0.717) is 18.8 Å².